The van der Waals surface area contributed by atoms with Gasteiger partial charge >= 0.3 is 0 Å². The summed E-state index contributed by atoms with van der Waals surface area (Å²) < 4.78 is 31.7. The maximum absolute atomic E-state index is 12.5. The van der Waals surface area contributed by atoms with Crippen LogP contribution in [0.3, 0.4) is 0 Å². The van der Waals surface area contributed by atoms with Gasteiger partial charge in [-0.15, -0.1) is 0 Å². The third-order valence-electron chi connectivity index (χ3n) is 4.32. The normalized spacial score (nSPS) is 15.4. The second-order valence-corrected chi connectivity index (χ2v) is 7.98. The van der Waals surface area contributed by atoms with Gasteiger partial charge in [0.25, 0.3) is 0 Å². The van der Waals surface area contributed by atoms with Gasteiger partial charge in [0, 0.05) is 32.9 Å². The first-order valence-electron chi connectivity index (χ1n) is 8.37. The summed E-state index contributed by atoms with van der Waals surface area (Å²) in [7, 11) is -1.74. The highest BCUT2D eigenvalue weighted by Crippen LogP contribution is 2.21. The molecule has 0 bridgehead atoms. The molecule has 0 aliphatic carbocycles. The number of nitrogens with zero attached hydrogens (tertiary/aromatic N) is 2. The molecule has 1 N–H and O–H groups in total. The quantitative estimate of drug-likeness (QED) is 0.821. The molecule has 7 heteroatoms. The van der Waals surface area contributed by atoms with Gasteiger partial charge in [0.1, 0.15) is 10.7 Å². The third kappa shape index (κ3) is 4.18. The first-order valence-corrected chi connectivity index (χ1v) is 9.81. The molecule has 1 saturated heterocycles. The molecule has 1 aliphatic rings. The monoisotopic (exact) mass is 361 g/mol. The number of ether oxygens (including phenoxy) is 1. The molecule has 0 spiro atoms. The second-order valence-electron chi connectivity index (χ2n) is 6.05. The highest BCUT2D eigenvalue weighted by Gasteiger charge is 2.27. The zero-order chi connectivity index (χ0) is 17.7. The van der Waals surface area contributed by atoms with E-state index >= 15 is 0 Å². The van der Waals surface area contributed by atoms with E-state index in [0.717, 1.165) is 24.0 Å². The third-order valence-corrected chi connectivity index (χ3v) is 6.20. The van der Waals surface area contributed by atoms with E-state index in [1.54, 1.807) is 19.2 Å². The van der Waals surface area contributed by atoms with E-state index in [1.807, 2.05) is 24.3 Å². The number of sulfonamides is 1. The van der Waals surface area contributed by atoms with Crippen molar-refractivity contribution in [3.63, 3.8) is 0 Å². The second kappa shape index (κ2) is 7.95. The maximum atomic E-state index is 12.5. The van der Waals surface area contributed by atoms with Crippen molar-refractivity contribution in [2.24, 2.45) is 0 Å². The molecule has 0 unspecified atom stereocenters. The summed E-state index contributed by atoms with van der Waals surface area (Å²) in [6.45, 7) is 2.35. The fraction of sp³-hybridized carbons (Fsp3) is 0.389. The van der Waals surface area contributed by atoms with Gasteiger partial charge in [0.15, 0.2) is 0 Å². The lowest BCUT2D eigenvalue weighted by Gasteiger charge is -2.15. The summed E-state index contributed by atoms with van der Waals surface area (Å²) in [5.41, 5.74) is 2.24. The predicted octanol–water partition coefficient (Wildman–Crippen LogP) is 2.62. The van der Waals surface area contributed by atoms with E-state index in [0.29, 0.717) is 32.1 Å². The molecule has 0 atom stereocenters. The van der Waals surface area contributed by atoms with Crippen LogP contribution in [0, 0.1) is 0 Å². The molecule has 2 heterocycles. The number of hydrogen-bond donors (Lipinski definition) is 1. The molecule has 0 radical (unpaired) electrons. The molecule has 134 valence electrons. The average molecular weight is 361 g/mol. The Labute approximate surface area is 148 Å². The molecular weight excluding hydrogens is 338 g/mol. The molecule has 2 aromatic rings. The van der Waals surface area contributed by atoms with E-state index < -0.39 is 10.0 Å². The Kier molecular flexibility index (Phi) is 5.67. The highest BCUT2D eigenvalue weighted by molar-refractivity contribution is 7.89. The highest BCUT2D eigenvalue weighted by atomic mass is 32.2. The van der Waals surface area contributed by atoms with Gasteiger partial charge in [-0.1, -0.05) is 24.3 Å². The summed E-state index contributed by atoms with van der Waals surface area (Å²) in [5, 5.41) is 3.23. The lowest BCUT2D eigenvalue weighted by Crippen LogP contribution is -2.27. The first kappa shape index (κ1) is 17.8. The number of pyridine rings is 1. The van der Waals surface area contributed by atoms with Crippen LogP contribution in [0.15, 0.2) is 47.5 Å². The molecule has 1 fully saturated rings. The molecule has 3 rings (SSSR count). The molecule has 25 heavy (non-hydrogen) atoms. The summed E-state index contributed by atoms with van der Waals surface area (Å²) in [6.07, 6.45) is 3.28. The Morgan fingerprint density at radius 3 is 2.48 bits per heavy atom. The Balaban J connectivity index is 1.67. The largest absolute Gasteiger partial charge is 0.380 e. The van der Waals surface area contributed by atoms with Crippen LogP contribution in [-0.2, 0) is 27.9 Å². The van der Waals surface area contributed by atoms with Crippen LogP contribution in [0.4, 0.5) is 5.82 Å². The van der Waals surface area contributed by atoms with Crippen LogP contribution in [-0.4, -0.2) is 37.9 Å². The Hall–Kier alpha value is -1.96. The average Bonchev–Trinajstić information content (AvgIpc) is 3.17. The standard InChI is InChI=1S/C18H23N3O3S/c1-24-14-16-7-3-2-6-15(16)12-19-18-9-8-17(13-20-18)25(22,23)21-10-4-5-11-21/h2-3,6-9,13H,4-5,10-12,14H2,1H3,(H,19,20). The van der Waals surface area contributed by atoms with E-state index in [2.05, 4.69) is 10.3 Å². The predicted molar refractivity (Wildman–Crippen MR) is 96.7 cm³/mol. The molecule has 1 aromatic carbocycles. The minimum absolute atomic E-state index is 0.250. The topological polar surface area (TPSA) is 71.5 Å². The smallest absolute Gasteiger partial charge is 0.244 e. The van der Waals surface area contributed by atoms with E-state index in [1.165, 1.54) is 10.5 Å². The fourth-order valence-corrected chi connectivity index (χ4v) is 4.39. The van der Waals surface area contributed by atoms with Gasteiger partial charge in [-0.3, -0.25) is 0 Å². The van der Waals surface area contributed by atoms with Crippen molar-refractivity contribution in [2.45, 2.75) is 30.9 Å². The van der Waals surface area contributed by atoms with Crippen molar-refractivity contribution >= 4 is 15.8 Å². The molecular formula is C18H23N3O3S. The van der Waals surface area contributed by atoms with Crippen molar-refractivity contribution < 1.29 is 13.2 Å². The Morgan fingerprint density at radius 2 is 1.84 bits per heavy atom. The first-order chi connectivity index (χ1) is 12.1. The number of rotatable bonds is 7. The van der Waals surface area contributed by atoms with Crippen LogP contribution in [0.2, 0.25) is 0 Å². The van der Waals surface area contributed by atoms with Crippen molar-refractivity contribution in [1.29, 1.82) is 0 Å². The van der Waals surface area contributed by atoms with Crippen molar-refractivity contribution in [3.8, 4) is 0 Å². The molecule has 0 saturated carbocycles. The lowest BCUT2D eigenvalue weighted by atomic mass is 10.1. The van der Waals surface area contributed by atoms with E-state index in [4.69, 9.17) is 4.74 Å². The molecule has 1 aliphatic heterocycles. The van der Waals surface area contributed by atoms with Gasteiger partial charge in [-0.05, 0) is 36.1 Å². The zero-order valence-electron chi connectivity index (χ0n) is 14.3. The van der Waals surface area contributed by atoms with Gasteiger partial charge in [0.2, 0.25) is 10.0 Å². The van der Waals surface area contributed by atoms with E-state index in [-0.39, 0.29) is 4.90 Å². The summed E-state index contributed by atoms with van der Waals surface area (Å²) in [5.74, 6) is 0.646. The number of methoxy groups -OCH3 is 1. The summed E-state index contributed by atoms with van der Waals surface area (Å²) in [6, 6.07) is 11.3. The summed E-state index contributed by atoms with van der Waals surface area (Å²) >= 11 is 0. The number of hydrogen-bond acceptors (Lipinski definition) is 5. The van der Waals surface area contributed by atoms with Gasteiger partial charge in [-0.2, -0.15) is 4.31 Å². The number of benzene rings is 1. The lowest BCUT2D eigenvalue weighted by molar-refractivity contribution is 0.184. The van der Waals surface area contributed by atoms with Crippen LogP contribution in [0.25, 0.3) is 0 Å². The number of nitrogens with one attached hydrogen (secondary N) is 1. The van der Waals surface area contributed by atoms with Gasteiger partial charge < -0.3 is 10.1 Å². The van der Waals surface area contributed by atoms with Crippen LogP contribution >= 0.6 is 0 Å². The summed E-state index contributed by atoms with van der Waals surface area (Å²) in [4.78, 5) is 4.51. The van der Waals surface area contributed by atoms with E-state index in [9.17, 15) is 8.42 Å². The SMILES string of the molecule is COCc1ccccc1CNc1ccc(S(=O)(=O)N2CCCC2)cn1. The number of aromatic nitrogens is 1. The van der Waals surface area contributed by atoms with Crippen LogP contribution in [0.1, 0.15) is 24.0 Å². The van der Waals surface area contributed by atoms with Crippen molar-refractivity contribution in [3.05, 3.63) is 53.7 Å². The fourth-order valence-electron chi connectivity index (χ4n) is 2.93. The maximum Gasteiger partial charge on any atom is 0.244 e. The molecule has 0 amide bonds. The Bertz CT molecular complexity index is 801. The van der Waals surface area contributed by atoms with Gasteiger partial charge in [0.05, 0.1) is 6.61 Å². The van der Waals surface area contributed by atoms with Gasteiger partial charge in [-0.25, -0.2) is 13.4 Å². The van der Waals surface area contributed by atoms with Crippen molar-refractivity contribution in [1.82, 2.24) is 9.29 Å². The minimum atomic E-state index is -3.41. The van der Waals surface area contributed by atoms with Crippen LogP contribution in [0.5, 0.6) is 0 Å². The number of anilines is 1. The minimum Gasteiger partial charge on any atom is -0.380 e. The molecule has 6 nitrogen and oxygen atoms in total. The van der Waals surface area contributed by atoms with Crippen molar-refractivity contribution in [2.75, 3.05) is 25.5 Å². The molecule has 1 aromatic heterocycles. The van der Waals surface area contributed by atoms with Crippen LogP contribution < -0.4 is 5.32 Å². The Morgan fingerprint density at radius 1 is 1.12 bits per heavy atom. The zero-order valence-corrected chi connectivity index (χ0v) is 15.1.